The second-order valence-electron chi connectivity index (χ2n) is 3.39. The summed E-state index contributed by atoms with van der Waals surface area (Å²) in [6.45, 7) is 4.14. The molecule has 68 valence electrons. The lowest BCUT2D eigenvalue weighted by atomic mass is 10.0. The molecule has 0 spiro atoms. The van der Waals surface area contributed by atoms with Gasteiger partial charge in [-0.1, -0.05) is 13.8 Å². The van der Waals surface area contributed by atoms with E-state index in [0.717, 1.165) is 15.8 Å². The summed E-state index contributed by atoms with van der Waals surface area (Å²) in [6.07, 6.45) is 0. The number of fused-ring (bicyclic) bond motifs is 1. The van der Waals surface area contributed by atoms with Crippen LogP contribution in [0.4, 0.5) is 0 Å². The second kappa shape index (κ2) is 3.00. The number of nitrogens with zero attached hydrogens (tertiary/aromatic N) is 1. The van der Waals surface area contributed by atoms with Crippen molar-refractivity contribution in [2.24, 2.45) is 0 Å². The number of phenolic OH excluding ortho intramolecular Hbond substituents is 1. The van der Waals surface area contributed by atoms with Crippen molar-refractivity contribution in [1.82, 2.24) is 4.98 Å². The maximum atomic E-state index is 9.66. The van der Waals surface area contributed by atoms with Gasteiger partial charge in [0.1, 0.15) is 5.75 Å². The van der Waals surface area contributed by atoms with Crippen LogP contribution in [0.3, 0.4) is 0 Å². The Balaban J connectivity index is 2.69. The van der Waals surface area contributed by atoms with Gasteiger partial charge in [0.2, 0.25) is 0 Å². The first-order valence-corrected chi connectivity index (χ1v) is 5.12. The molecule has 2 nitrogen and oxygen atoms in total. The lowest BCUT2D eigenvalue weighted by Gasteiger charge is -2.07. The van der Waals surface area contributed by atoms with Gasteiger partial charge < -0.3 is 5.11 Å². The molecule has 13 heavy (non-hydrogen) atoms. The highest BCUT2D eigenvalue weighted by atomic mass is 32.1. The van der Waals surface area contributed by atoms with Gasteiger partial charge in [-0.2, -0.15) is 0 Å². The number of aromatic hydroxyl groups is 1. The van der Waals surface area contributed by atoms with Gasteiger partial charge in [-0.05, 0) is 17.5 Å². The molecule has 0 aliphatic heterocycles. The SMILES string of the molecule is CC(C)c1cc2scnc2cc1O. The van der Waals surface area contributed by atoms with E-state index in [1.54, 1.807) is 22.9 Å². The fraction of sp³-hybridized carbons (Fsp3) is 0.300. The zero-order valence-electron chi connectivity index (χ0n) is 7.61. The molecule has 0 saturated heterocycles. The highest BCUT2D eigenvalue weighted by Gasteiger charge is 2.08. The van der Waals surface area contributed by atoms with Crippen molar-refractivity contribution in [2.75, 3.05) is 0 Å². The normalized spacial score (nSPS) is 11.3. The average molecular weight is 193 g/mol. The zero-order valence-corrected chi connectivity index (χ0v) is 8.43. The molecule has 0 radical (unpaired) electrons. The van der Waals surface area contributed by atoms with Gasteiger partial charge in [0.15, 0.2) is 0 Å². The summed E-state index contributed by atoms with van der Waals surface area (Å²) in [5.74, 6) is 0.708. The van der Waals surface area contributed by atoms with Crippen LogP contribution < -0.4 is 0 Å². The van der Waals surface area contributed by atoms with Gasteiger partial charge in [-0.15, -0.1) is 11.3 Å². The summed E-state index contributed by atoms with van der Waals surface area (Å²) in [5.41, 5.74) is 3.68. The smallest absolute Gasteiger partial charge is 0.121 e. The summed E-state index contributed by atoms with van der Waals surface area (Å²) in [6, 6.07) is 3.76. The molecule has 0 amide bonds. The van der Waals surface area contributed by atoms with Gasteiger partial charge in [0.25, 0.3) is 0 Å². The Morgan fingerprint density at radius 3 is 2.85 bits per heavy atom. The molecule has 0 aliphatic carbocycles. The molecule has 3 heteroatoms. The predicted octanol–water partition coefficient (Wildman–Crippen LogP) is 3.13. The van der Waals surface area contributed by atoms with E-state index in [9.17, 15) is 5.11 Å². The van der Waals surface area contributed by atoms with Crippen molar-refractivity contribution in [3.8, 4) is 5.75 Å². The largest absolute Gasteiger partial charge is 0.508 e. The van der Waals surface area contributed by atoms with Gasteiger partial charge in [-0.3, -0.25) is 0 Å². The molecule has 0 aliphatic rings. The lowest BCUT2D eigenvalue weighted by molar-refractivity contribution is 0.466. The number of benzene rings is 1. The number of hydrogen-bond donors (Lipinski definition) is 1. The van der Waals surface area contributed by atoms with Gasteiger partial charge in [-0.25, -0.2) is 4.98 Å². The van der Waals surface area contributed by atoms with Gasteiger partial charge in [0, 0.05) is 6.07 Å². The van der Waals surface area contributed by atoms with Crippen molar-refractivity contribution in [3.05, 3.63) is 23.2 Å². The van der Waals surface area contributed by atoms with Crippen LogP contribution >= 0.6 is 11.3 Å². The minimum absolute atomic E-state index is 0.353. The van der Waals surface area contributed by atoms with E-state index < -0.39 is 0 Å². The van der Waals surface area contributed by atoms with Crippen LogP contribution in [0.15, 0.2) is 17.6 Å². The fourth-order valence-electron chi connectivity index (χ4n) is 1.37. The van der Waals surface area contributed by atoms with E-state index in [4.69, 9.17) is 0 Å². The quantitative estimate of drug-likeness (QED) is 0.754. The Hall–Kier alpha value is -1.09. The Bertz CT molecular complexity index is 433. The molecular weight excluding hydrogens is 182 g/mol. The molecule has 1 aromatic carbocycles. The minimum atomic E-state index is 0.353. The number of rotatable bonds is 1. The van der Waals surface area contributed by atoms with E-state index in [1.165, 1.54) is 0 Å². The number of phenols is 1. The van der Waals surface area contributed by atoms with Crippen LogP contribution in [0.25, 0.3) is 10.2 Å². The molecule has 0 bridgehead atoms. The third-order valence-electron chi connectivity index (χ3n) is 2.10. The monoisotopic (exact) mass is 193 g/mol. The van der Waals surface area contributed by atoms with Crippen molar-refractivity contribution < 1.29 is 5.11 Å². The van der Waals surface area contributed by atoms with Crippen LogP contribution in [0.1, 0.15) is 25.3 Å². The number of thiazole rings is 1. The Labute approximate surface area is 80.9 Å². The predicted molar refractivity (Wildman–Crippen MR) is 55.4 cm³/mol. The second-order valence-corrected chi connectivity index (χ2v) is 4.27. The van der Waals surface area contributed by atoms with Crippen molar-refractivity contribution in [2.45, 2.75) is 19.8 Å². The maximum absolute atomic E-state index is 9.66. The number of aromatic nitrogens is 1. The molecule has 0 unspecified atom stereocenters. The molecule has 1 N–H and O–H groups in total. The first-order chi connectivity index (χ1) is 6.18. The molecule has 2 rings (SSSR count). The fourth-order valence-corrected chi connectivity index (χ4v) is 2.08. The maximum Gasteiger partial charge on any atom is 0.121 e. The topological polar surface area (TPSA) is 33.1 Å². The van der Waals surface area contributed by atoms with Crippen LogP contribution in [0, 0.1) is 0 Å². The molecule has 0 atom stereocenters. The first-order valence-electron chi connectivity index (χ1n) is 4.24. The minimum Gasteiger partial charge on any atom is -0.508 e. The van der Waals surface area contributed by atoms with Crippen LogP contribution in [0.2, 0.25) is 0 Å². The molecule has 0 saturated carbocycles. The van der Waals surface area contributed by atoms with E-state index >= 15 is 0 Å². The standard InChI is InChI=1S/C10H11NOS/c1-6(2)7-3-10-8(4-9(7)12)11-5-13-10/h3-6,12H,1-2H3. The Morgan fingerprint density at radius 1 is 1.38 bits per heavy atom. The molecule has 1 heterocycles. The van der Waals surface area contributed by atoms with E-state index in [0.29, 0.717) is 11.7 Å². The average Bonchev–Trinajstić information content (AvgIpc) is 2.48. The summed E-state index contributed by atoms with van der Waals surface area (Å²) in [4.78, 5) is 4.14. The third kappa shape index (κ3) is 1.40. The summed E-state index contributed by atoms with van der Waals surface area (Å²) in [5, 5.41) is 9.66. The molecule has 0 fully saturated rings. The highest BCUT2D eigenvalue weighted by Crippen LogP contribution is 2.31. The van der Waals surface area contributed by atoms with Crippen molar-refractivity contribution in [1.29, 1.82) is 0 Å². The summed E-state index contributed by atoms with van der Waals surface area (Å²) in [7, 11) is 0. The summed E-state index contributed by atoms with van der Waals surface area (Å²) < 4.78 is 1.14. The molecule has 2 aromatic rings. The van der Waals surface area contributed by atoms with Crippen molar-refractivity contribution in [3.63, 3.8) is 0 Å². The first kappa shape index (κ1) is 8.51. The van der Waals surface area contributed by atoms with Crippen LogP contribution in [-0.4, -0.2) is 10.1 Å². The van der Waals surface area contributed by atoms with Crippen LogP contribution in [-0.2, 0) is 0 Å². The number of hydrogen-bond acceptors (Lipinski definition) is 3. The molecule has 1 aromatic heterocycles. The zero-order chi connectivity index (χ0) is 9.42. The summed E-state index contributed by atoms with van der Waals surface area (Å²) >= 11 is 1.61. The van der Waals surface area contributed by atoms with E-state index in [1.807, 2.05) is 6.07 Å². The van der Waals surface area contributed by atoms with Gasteiger partial charge >= 0.3 is 0 Å². The van der Waals surface area contributed by atoms with Gasteiger partial charge in [0.05, 0.1) is 15.7 Å². The lowest BCUT2D eigenvalue weighted by Crippen LogP contribution is -1.87. The van der Waals surface area contributed by atoms with E-state index in [2.05, 4.69) is 18.8 Å². The Kier molecular flexibility index (Phi) is 1.96. The third-order valence-corrected chi connectivity index (χ3v) is 2.89. The van der Waals surface area contributed by atoms with Crippen molar-refractivity contribution >= 4 is 21.6 Å². The van der Waals surface area contributed by atoms with E-state index in [-0.39, 0.29) is 0 Å². The Morgan fingerprint density at radius 2 is 2.15 bits per heavy atom. The highest BCUT2D eigenvalue weighted by molar-refractivity contribution is 7.16. The molecular formula is C10H11NOS. The van der Waals surface area contributed by atoms with Crippen LogP contribution in [0.5, 0.6) is 5.75 Å².